The van der Waals surface area contributed by atoms with Crippen molar-refractivity contribution in [2.45, 2.75) is 18.8 Å². The Morgan fingerprint density at radius 3 is 2.93 bits per heavy atom. The summed E-state index contributed by atoms with van der Waals surface area (Å²) in [6.07, 6.45) is 2.81. The van der Waals surface area contributed by atoms with Gasteiger partial charge in [-0.25, -0.2) is 0 Å². The van der Waals surface area contributed by atoms with Crippen LogP contribution < -0.4 is 10.1 Å². The van der Waals surface area contributed by atoms with Gasteiger partial charge in [0.1, 0.15) is 5.75 Å². The van der Waals surface area contributed by atoms with Crippen LogP contribution in [0, 0.1) is 5.92 Å². The van der Waals surface area contributed by atoms with E-state index in [0.29, 0.717) is 0 Å². The lowest BCUT2D eigenvalue weighted by atomic mass is 9.96. The molecule has 3 rings (SSSR count). The molecular weight excluding hydrogens is 174 g/mol. The Bertz CT molecular complexity index is 357. The molecule has 1 aliphatic carbocycles. The summed E-state index contributed by atoms with van der Waals surface area (Å²) >= 11 is 0. The molecule has 0 radical (unpaired) electrons. The fourth-order valence-corrected chi connectivity index (χ4v) is 2.46. The zero-order valence-corrected chi connectivity index (χ0v) is 8.42. The second-order valence-corrected chi connectivity index (χ2v) is 4.25. The number of para-hydroxylation sites is 1. The number of nitrogens with one attached hydrogen (secondary N) is 1. The van der Waals surface area contributed by atoms with Gasteiger partial charge in [-0.2, -0.15) is 0 Å². The molecule has 0 saturated heterocycles. The van der Waals surface area contributed by atoms with E-state index in [-0.39, 0.29) is 0 Å². The van der Waals surface area contributed by atoms with Crippen molar-refractivity contribution in [1.82, 2.24) is 0 Å². The zero-order valence-electron chi connectivity index (χ0n) is 8.42. The van der Waals surface area contributed by atoms with E-state index in [9.17, 15) is 0 Å². The Hall–Kier alpha value is -1.18. The van der Waals surface area contributed by atoms with Crippen LogP contribution in [-0.2, 0) is 0 Å². The minimum Gasteiger partial charge on any atom is -0.495 e. The highest BCUT2D eigenvalue weighted by atomic mass is 16.5. The SMILES string of the molecule is COc1cccc2c1NCC2C1CC1. The van der Waals surface area contributed by atoms with E-state index in [0.717, 1.165) is 24.1 Å². The van der Waals surface area contributed by atoms with Crippen LogP contribution in [0.5, 0.6) is 5.75 Å². The van der Waals surface area contributed by atoms with Gasteiger partial charge in [-0.05, 0) is 30.4 Å². The third kappa shape index (κ3) is 1.10. The van der Waals surface area contributed by atoms with E-state index in [1.807, 2.05) is 6.07 Å². The highest BCUT2D eigenvalue weighted by Crippen LogP contribution is 2.49. The summed E-state index contributed by atoms with van der Waals surface area (Å²) in [7, 11) is 1.74. The topological polar surface area (TPSA) is 21.3 Å². The molecular formula is C12H15NO. The van der Waals surface area contributed by atoms with E-state index in [2.05, 4.69) is 17.4 Å². The van der Waals surface area contributed by atoms with Gasteiger partial charge in [-0.15, -0.1) is 0 Å². The second-order valence-electron chi connectivity index (χ2n) is 4.25. The smallest absolute Gasteiger partial charge is 0.142 e. The molecule has 0 bridgehead atoms. The third-order valence-corrected chi connectivity index (χ3v) is 3.37. The Morgan fingerprint density at radius 1 is 1.36 bits per heavy atom. The predicted octanol–water partition coefficient (Wildman–Crippen LogP) is 2.61. The van der Waals surface area contributed by atoms with Crippen LogP contribution in [0.4, 0.5) is 5.69 Å². The monoisotopic (exact) mass is 189 g/mol. The van der Waals surface area contributed by atoms with Gasteiger partial charge >= 0.3 is 0 Å². The van der Waals surface area contributed by atoms with Crippen molar-refractivity contribution in [3.8, 4) is 5.75 Å². The Labute approximate surface area is 84.3 Å². The maximum absolute atomic E-state index is 5.34. The van der Waals surface area contributed by atoms with Crippen molar-refractivity contribution in [1.29, 1.82) is 0 Å². The summed E-state index contributed by atoms with van der Waals surface area (Å²) < 4.78 is 5.34. The molecule has 1 saturated carbocycles. The molecule has 2 aliphatic rings. The molecule has 0 amide bonds. The van der Waals surface area contributed by atoms with E-state index < -0.39 is 0 Å². The van der Waals surface area contributed by atoms with Gasteiger partial charge in [0.2, 0.25) is 0 Å². The van der Waals surface area contributed by atoms with Crippen molar-refractivity contribution < 1.29 is 4.74 Å². The summed E-state index contributed by atoms with van der Waals surface area (Å²) in [6.45, 7) is 1.10. The van der Waals surface area contributed by atoms with Crippen LogP contribution in [0.15, 0.2) is 18.2 Å². The molecule has 1 aliphatic heterocycles. The van der Waals surface area contributed by atoms with Crippen molar-refractivity contribution >= 4 is 5.69 Å². The lowest BCUT2D eigenvalue weighted by Gasteiger charge is -2.09. The number of hydrogen-bond donors (Lipinski definition) is 1. The lowest BCUT2D eigenvalue weighted by Crippen LogP contribution is -2.03. The average Bonchev–Trinajstić information content (AvgIpc) is 2.97. The van der Waals surface area contributed by atoms with Crippen LogP contribution in [0.2, 0.25) is 0 Å². The van der Waals surface area contributed by atoms with Gasteiger partial charge < -0.3 is 10.1 Å². The summed E-state index contributed by atoms with van der Waals surface area (Å²) in [5.74, 6) is 2.65. The number of anilines is 1. The van der Waals surface area contributed by atoms with Gasteiger partial charge in [0.15, 0.2) is 0 Å². The molecule has 2 nitrogen and oxygen atoms in total. The first-order valence-electron chi connectivity index (χ1n) is 5.31. The summed E-state index contributed by atoms with van der Waals surface area (Å²) in [5.41, 5.74) is 2.69. The molecule has 1 fully saturated rings. The summed E-state index contributed by atoms with van der Waals surface area (Å²) in [6, 6.07) is 6.36. The van der Waals surface area contributed by atoms with E-state index in [1.165, 1.54) is 24.1 Å². The Kier molecular flexibility index (Phi) is 1.69. The quantitative estimate of drug-likeness (QED) is 0.772. The van der Waals surface area contributed by atoms with E-state index in [1.54, 1.807) is 7.11 Å². The largest absolute Gasteiger partial charge is 0.495 e. The zero-order chi connectivity index (χ0) is 9.54. The van der Waals surface area contributed by atoms with Gasteiger partial charge in [-0.3, -0.25) is 0 Å². The van der Waals surface area contributed by atoms with Crippen molar-refractivity contribution in [3.05, 3.63) is 23.8 Å². The number of methoxy groups -OCH3 is 1. The van der Waals surface area contributed by atoms with Crippen molar-refractivity contribution in [2.75, 3.05) is 19.0 Å². The van der Waals surface area contributed by atoms with Gasteiger partial charge in [0, 0.05) is 12.5 Å². The van der Waals surface area contributed by atoms with Gasteiger partial charge in [-0.1, -0.05) is 12.1 Å². The molecule has 1 N–H and O–H groups in total. The average molecular weight is 189 g/mol. The van der Waals surface area contributed by atoms with E-state index in [4.69, 9.17) is 4.74 Å². The molecule has 1 atom stereocenters. The van der Waals surface area contributed by atoms with Crippen molar-refractivity contribution in [2.24, 2.45) is 5.92 Å². The molecule has 0 spiro atoms. The maximum atomic E-state index is 5.34. The number of benzene rings is 1. The number of ether oxygens (including phenoxy) is 1. The maximum Gasteiger partial charge on any atom is 0.142 e. The molecule has 1 heterocycles. The molecule has 74 valence electrons. The summed E-state index contributed by atoms with van der Waals surface area (Å²) in [5, 5.41) is 3.47. The van der Waals surface area contributed by atoms with Crippen LogP contribution in [0.1, 0.15) is 24.3 Å². The Morgan fingerprint density at radius 2 is 2.21 bits per heavy atom. The number of fused-ring (bicyclic) bond motifs is 1. The molecule has 14 heavy (non-hydrogen) atoms. The van der Waals surface area contributed by atoms with Gasteiger partial charge in [0.05, 0.1) is 12.8 Å². The molecule has 2 heteroatoms. The highest BCUT2D eigenvalue weighted by molar-refractivity contribution is 5.67. The fourth-order valence-electron chi connectivity index (χ4n) is 2.46. The minimum absolute atomic E-state index is 0.736. The van der Waals surface area contributed by atoms with Crippen molar-refractivity contribution in [3.63, 3.8) is 0 Å². The number of rotatable bonds is 2. The van der Waals surface area contributed by atoms with Gasteiger partial charge in [0.25, 0.3) is 0 Å². The van der Waals surface area contributed by atoms with Crippen LogP contribution in [0.3, 0.4) is 0 Å². The first-order valence-corrected chi connectivity index (χ1v) is 5.31. The van der Waals surface area contributed by atoms with E-state index >= 15 is 0 Å². The molecule has 1 unspecified atom stereocenters. The normalized spacial score (nSPS) is 24.2. The second kappa shape index (κ2) is 2.91. The highest BCUT2D eigenvalue weighted by Gasteiger charge is 2.37. The first-order chi connectivity index (χ1) is 6.90. The minimum atomic E-state index is 0.736. The summed E-state index contributed by atoms with van der Waals surface area (Å²) in [4.78, 5) is 0. The third-order valence-electron chi connectivity index (χ3n) is 3.37. The predicted molar refractivity (Wildman–Crippen MR) is 56.9 cm³/mol. The number of hydrogen-bond acceptors (Lipinski definition) is 2. The standard InChI is InChI=1S/C12H15NO/c1-14-11-4-2-3-9-10(8-5-6-8)7-13-12(9)11/h2-4,8,10,13H,5-7H2,1H3. The van der Waals surface area contributed by atoms with Crippen LogP contribution >= 0.6 is 0 Å². The first kappa shape index (κ1) is 8.16. The van der Waals surface area contributed by atoms with Crippen LogP contribution in [0.25, 0.3) is 0 Å². The molecule has 0 aromatic heterocycles. The molecule has 1 aromatic carbocycles. The van der Waals surface area contributed by atoms with Crippen LogP contribution in [-0.4, -0.2) is 13.7 Å². The lowest BCUT2D eigenvalue weighted by molar-refractivity contribution is 0.416. The molecule has 1 aromatic rings. The fraction of sp³-hybridized carbons (Fsp3) is 0.500. The Balaban J connectivity index is 2.02.